The predicted octanol–water partition coefficient (Wildman–Crippen LogP) is 2.25. The molecule has 2 N–H and O–H groups in total. The van der Waals surface area contributed by atoms with Gasteiger partial charge in [0.25, 0.3) is 0 Å². The normalized spacial score (nSPS) is 16.7. The Balaban J connectivity index is 2.13. The summed E-state index contributed by atoms with van der Waals surface area (Å²) in [7, 11) is 0. The molecule has 0 aliphatic heterocycles. The number of aromatic nitrogens is 1. The van der Waals surface area contributed by atoms with Gasteiger partial charge in [0.2, 0.25) is 5.88 Å². The van der Waals surface area contributed by atoms with Crippen LogP contribution >= 0.6 is 11.6 Å². The number of hydrogen-bond acceptors (Lipinski definition) is 3. The summed E-state index contributed by atoms with van der Waals surface area (Å²) in [5.41, 5.74) is 6.22. The van der Waals surface area contributed by atoms with E-state index in [1.807, 2.05) is 0 Å². The first-order chi connectivity index (χ1) is 6.25. The molecule has 1 aliphatic carbocycles. The highest BCUT2D eigenvalue weighted by Gasteiger charge is 2.20. The minimum absolute atomic E-state index is 0.285. The van der Waals surface area contributed by atoms with Crippen LogP contribution in [0.5, 0.6) is 5.88 Å². The fourth-order valence-corrected chi connectivity index (χ4v) is 1.31. The molecule has 3 nitrogen and oxygen atoms in total. The molecule has 0 saturated heterocycles. The van der Waals surface area contributed by atoms with Gasteiger partial charge in [0.15, 0.2) is 0 Å². The lowest BCUT2D eigenvalue weighted by atomic mass is 9.96. The van der Waals surface area contributed by atoms with Gasteiger partial charge in [0.1, 0.15) is 11.3 Å². The van der Waals surface area contributed by atoms with Crippen LogP contribution < -0.4 is 10.5 Å². The molecule has 1 aromatic rings. The quantitative estimate of drug-likeness (QED) is 0.742. The van der Waals surface area contributed by atoms with Crippen molar-refractivity contribution in [2.45, 2.75) is 25.4 Å². The Morgan fingerprint density at radius 2 is 2.23 bits per heavy atom. The third kappa shape index (κ3) is 1.86. The van der Waals surface area contributed by atoms with Gasteiger partial charge in [0.05, 0.1) is 5.69 Å². The average Bonchev–Trinajstić information content (AvgIpc) is 2.03. The fourth-order valence-electron chi connectivity index (χ4n) is 1.17. The van der Waals surface area contributed by atoms with Crippen molar-refractivity contribution in [3.63, 3.8) is 0 Å². The molecule has 1 aromatic heterocycles. The van der Waals surface area contributed by atoms with Crippen LogP contribution in [-0.2, 0) is 0 Å². The summed E-state index contributed by atoms with van der Waals surface area (Å²) in [4.78, 5) is 4.01. The van der Waals surface area contributed by atoms with Crippen molar-refractivity contribution in [1.29, 1.82) is 0 Å². The summed E-state index contributed by atoms with van der Waals surface area (Å²) in [6.07, 6.45) is 3.69. The number of nitrogens with zero attached hydrogens (tertiary/aromatic N) is 1. The van der Waals surface area contributed by atoms with Crippen LogP contribution in [0.2, 0.25) is 5.15 Å². The maximum Gasteiger partial charge on any atom is 0.238 e. The molecular weight excluding hydrogens is 188 g/mol. The molecule has 70 valence electrons. The van der Waals surface area contributed by atoms with E-state index in [-0.39, 0.29) is 6.10 Å². The Kier molecular flexibility index (Phi) is 2.27. The van der Waals surface area contributed by atoms with Gasteiger partial charge >= 0.3 is 0 Å². The number of hydrogen-bond donors (Lipinski definition) is 1. The summed E-state index contributed by atoms with van der Waals surface area (Å²) in [6.45, 7) is 0. The number of nitrogen functional groups attached to an aromatic ring is 1. The number of nitrogens with two attached hydrogens (primary N) is 1. The van der Waals surface area contributed by atoms with E-state index in [0.29, 0.717) is 16.7 Å². The Hall–Kier alpha value is -0.960. The molecule has 1 heterocycles. The maximum absolute atomic E-state index is 5.71. The molecule has 1 saturated carbocycles. The minimum atomic E-state index is 0.285. The van der Waals surface area contributed by atoms with Crippen LogP contribution in [0.3, 0.4) is 0 Å². The van der Waals surface area contributed by atoms with E-state index in [1.54, 1.807) is 12.1 Å². The molecule has 0 unspecified atom stereocenters. The minimum Gasteiger partial charge on any atom is -0.473 e. The SMILES string of the molecule is Nc1ccc(Cl)nc1OC1CCC1. The van der Waals surface area contributed by atoms with Crippen molar-refractivity contribution in [1.82, 2.24) is 4.98 Å². The molecule has 0 spiro atoms. The molecule has 1 fully saturated rings. The molecule has 0 radical (unpaired) electrons. The second kappa shape index (κ2) is 3.42. The number of pyridine rings is 1. The van der Waals surface area contributed by atoms with Crippen LogP contribution in [0, 0.1) is 0 Å². The Morgan fingerprint density at radius 1 is 1.46 bits per heavy atom. The number of halogens is 1. The third-order valence-corrected chi connectivity index (χ3v) is 2.40. The Labute approximate surface area is 81.9 Å². The van der Waals surface area contributed by atoms with Gasteiger partial charge in [-0.15, -0.1) is 0 Å². The molecule has 4 heteroatoms. The maximum atomic E-state index is 5.71. The van der Waals surface area contributed by atoms with E-state index in [9.17, 15) is 0 Å². The third-order valence-electron chi connectivity index (χ3n) is 2.19. The lowest BCUT2D eigenvalue weighted by Crippen LogP contribution is -2.25. The number of rotatable bonds is 2. The van der Waals surface area contributed by atoms with Gasteiger partial charge in [-0.3, -0.25) is 0 Å². The smallest absolute Gasteiger partial charge is 0.238 e. The van der Waals surface area contributed by atoms with Crippen LogP contribution in [0.4, 0.5) is 5.69 Å². The molecule has 1 aliphatic rings. The molecular formula is C9H11ClN2O. The molecule has 0 bridgehead atoms. The first-order valence-corrected chi connectivity index (χ1v) is 4.72. The second-order valence-corrected chi connectivity index (χ2v) is 3.59. The van der Waals surface area contributed by atoms with Crippen molar-refractivity contribution in [3.05, 3.63) is 17.3 Å². The summed E-state index contributed by atoms with van der Waals surface area (Å²) < 4.78 is 5.54. The zero-order chi connectivity index (χ0) is 9.26. The first kappa shape index (κ1) is 8.63. The second-order valence-electron chi connectivity index (χ2n) is 3.20. The lowest BCUT2D eigenvalue weighted by Gasteiger charge is -2.26. The number of anilines is 1. The van der Waals surface area contributed by atoms with E-state index in [1.165, 1.54) is 6.42 Å². The van der Waals surface area contributed by atoms with E-state index in [0.717, 1.165) is 12.8 Å². The topological polar surface area (TPSA) is 48.1 Å². The van der Waals surface area contributed by atoms with Crippen LogP contribution in [-0.4, -0.2) is 11.1 Å². The lowest BCUT2D eigenvalue weighted by molar-refractivity contribution is 0.115. The van der Waals surface area contributed by atoms with Gasteiger partial charge in [0, 0.05) is 0 Å². The summed E-state index contributed by atoms with van der Waals surface area (Å²) in [5, 5.41) is 0.420. The average molecular weight is 199 g/mol. The highest BCUT2D eigenvalue weighted by molar-refractivity contribution is 6.29. The molecule has 13 heavy (non-hydrogen) atoms. The Morgan fingerprint density at radius 3 is 2.85 bits per heavy atom. The Bertz CT molecular complexity index is 312. The predicted molar refractivity (Wildman–Crippen MR) is 51.9 cm³/mol. The highest BCUT2D eigenvalue weighted by Crippen LogP contribution is 2.28. The monoisotopic (exact) mass is 198 g/mol. The first-order valence-electron chi connectivity index (χ1n) is 4.34. The van der Waals surface area contributed by atoms with Gasteiger partial charge < -0.3 is 10.5 Å². The van der Waals surface area contributed by atoms with E-state index >= 15 is 0 Å². The van der Waals surface area contributed by atoms with E-state index in [2.05, 4.69) is 4.98 Å². The van der Waals surface area contributed by atoms with E-state index in [4.69, 9.17) is 22.1 Å². The van der Waals surface area contributed by atoms with Crippen LogP contribution in [0.25, 0.3) is 0 Å². The summed E-state index contributed by atoms with van der Waals surface area (Å²) in [5.74, 6) is 0.470. The van der Waals surface area contributed by atoms with Crippen LogP contribution in [0.1, 0.15) is 19.3 Å². The molecule has 0 aromatic carbocycles. The van der Waals surface area contributed by atoms with E-state index < -0.39 is 0 Å². The highest BCUT2D eigenvalue weighted by atomic mass is 35.5. The molecule has 2 rings (SSSR count). The van der Waals surface area contributed by atoms with Crippen molar-refractivity contribution in [2.75, 3.05) is 5.73 Å². The zero-order valence-corrected chi connectivity index (χ0v) is 7.92. The van der Waals surface area contributed by atoms with Gasteiger partial charge in [-0.1, -0.05) is 11.6 Å². The van der Waals surface area contributed by atoms with Crippen LogP contribution in [0.15, 0.2) is 12.1 Å². The molecule has 0 atom stereocenters. The van der Waals surface area contributed by atoms with Crippen molar-refractivity contribution >= 4 is 17.3 Å². The number of ether oxygens (including phenoxy) is 1. The zero-order valence-electron chi connectivity index (χ0n) is 7.16. The van der Waals surface area contributed by atoms with Gasteiger partial charge in [-0.2, -0.15) is 4.98 Å². The van der Waals surface area contributed by atoms with Gasteiger partial charge in [-0.05, 0) is 31.4 Å². The van der Waals surface area contributed by atoms with Gasteiger partial charge in [-0.25, -0.2) is 0 Å². The van der Waals surface area contributed by atoms with Crippen molar-refractivity contribution in [2.24, 2.45) is 0 Å². The summed E-state index contributed by atoms with van der Waals surface area (Å²) >= 11 is 5.71. The largest absolute Gasteiger partial charge is 0.473 e. The summed E-state index contributed by atoms with van der Waals surface area (Å²) in [6, 6.07) is 3.37. The molecule has 0 amide bonds. The van der Waals surface area contributed by atoms with Crippen molar-refractivity contribution in [3.8, 4) is 5.88 Å². The fraction of sp³-hybridized carbons (Fsp3) is 0.444. The standard InChI is InChI=1S/C9H11ClN2O/c10-8-5-4-7(11)9(12-8)13-6-2-1-3-6/h4-6H,1-3,11H2. The van der Waals surface area contributed by atoms with Crippen molar-refractivity contribution < 1.29 is 4.74 Å².